The molecule has 0 aliphatic carbocycles. The van der Waals surface area contributed by atoms with E-state index in [2.05, 4.69) is 43.9 Å². The van der Waals surface area contributed by atoms with Crippen molar-refractivity contribution in [2.24, 2.45) is 17.2 Å². The van der Waals surface area contributed by atoms with E-state index in [0.29, 0.717) is 56.5 Å². The third-order valence-corrected chi connectivity index (χ3v) is 7.58. The van der Waals surface area contributed by atoms with Crippen LogP contribution in [-0.4, -0.2) is 93.7 Å². The van der Waals surface area contributed by atoms with E-state index in [1.807, 2.05) is 0 Å². The minimum Gasteiger partial charge on any atom is -0.480 e. The van der Waals surface area contributed by atoms with Crippen LogP contribution in [0.25, 0.3) is 0 Å². The Labute approximate surface area is 274 Å². The van der Waals surface area contributed by atoms with Gasteiger partial charge in [-0.3, -0.25) is 19.2 Å². The van der Waals surface area contributed by atoms with Crippen LogP contribution in [0.4, 0.5) is 0 Å². The van der Waals surface area contributed by atoms with Crippen LogP contribution in [0.5, 0.6) is 0 Å². The van der Waals surface area contributed by atoms with Gasteiger partial charge in [-0.2, -0.15) is 12.6 Å². The molecule has 0 aliphatic heterocycles. The lowest BCUT2D eigenvalue weighted by Gasteiger charge is -2.26. The monoisotopic (exact) mass is 661 g/mol. The van der Waals surface area contributed by atoms with Gasteiger partial charge in [-0.1, -0.05) is 36.8 Å². The Morgan fingerprint density at radius 2 is 1.33 bits per heavy atom. The van der Waals surface area contributed by atoms with E-state index in [9.17, 15) is 29.1 Å². The van der Waals surface area contributed by atoms with E-state index in [1.165, 1.54) is 12.5 Å². The molecule has 1 aromatic carbocycles. The fourth-order valence-corrected chi connectivity index (χ4v) is 4.82. The highest BCUT2D eigenvalue weighted by molar-refractivity contribution is 7.80. The highest BCUT2D eigenvalue weighted by atomic mass is 32.1. The summed E-state index contributed by atoms with van der Waals surface area (Å²) in [5, 5.41) is 20.2. The fraction of sp³-hybridized carbons (Fsp3) is 0.533. The number of aliphatic carboxylic acids is 1. The maximum absolute atomic E-state index is 13.4. The Bertz CT molecular complexity index is 1230. The van der Waals surface area contributed by atoms with E-state index in [4.69, 9.17) is 17.2 Å². The number of aromatic nitrogens is 2. The first-order valence-corrected chi connectivity index (χ1v) is 15.9. The summed E-state index contributed by atoms with van der Waals surface area (Å²) in [6.45, 7) is 0.875. The molecule has 0 fully saturated rings. The molecule has 12 N–H and O–H groups in total. The number of imidazole rings is 1. The summed E-state index contributed by atoms with van der Waals surface area (Å²) in [6.07, 6.45) is 6.04. The summed E-state index contributed by atoms with van der Waals surface area (Å²) in [5.74, 6) is -3.99. The molecule has 16 heteroatoms. The topological polar surface area (TPSA) is 260 Å². The fourth-order valence-electron chi connectivity index (χ4n) is 4.57. The average molecular weight is 662 g/mol. The number of thiol groups is 1. The van der Waals surface area contributed by atoms with Crippen LogP contribution in [0.1, 0.15) is 49.8 Å². The van der Waals surface area contributed by atoms with E-state index in [0.717, 1.165) is 0 Å². The number of nitrogens with one attached hydrogen (secondary N) is 5. The molecule has 254 valence electrons. The van der Waals surface area contributed by atoms with Crippen molar-refractivity contribution < 1.29 is 29.1 Å². The molecular weight excluding hydrogens is 614 g/mol. The third kappa shape index (κ3) is 13.6. The number of unbranched alkanes of at least 4 members (excludes halogenated alkanes) is 2. The molecular formula is C30H47N9O6S. The number of hydrogen-bond acceptors (Lipinski definition) is 10. The Balaban J connectivity index is 2.15. The van der Waals surface area contributed by atoms with Gasteiger partial charge in [0.1, 0.15) is 24.2 Å². The highest BCUT2D eigenvalue weighted by Crippen LogP contribution is 2.08. The maximum atomic E-state index is 13.4. The van der Waals surface area contributed by atoms with Crippen molar-refractivity contribution in [3.05, 3.63) is 54.1 Å². The standard InChI is InChI=1S/C30H47N9O6S/c31-12-6-4-10-21(33)26(40)36-22(11-5-7-13-32)27(41)39-25(17-46)29(43)37-23(15-20-16-34-18-35-20)28(42)38-24(30(44)45)14-19-8-2-1-3-9-19/h1-3,8-9,16,18,21-25,46H,4-7,10-15,17,31-33H2,(H,34,35)(H,36,40)(H,37,43)(H,38,42)(H,39,41)(H,44,45)/t21-,22-,23-,24-,25-/m0/s1. The number of carbonyl (C=O) groups excluding carboxylic acids is 4. The number of rotatable bonds is 22. The Morgan fingerprint density at radius 1 is 0.761 bits per heavy atom. The zero-order valence-electron chi connectivity index (χ0n) is 25.8. The molecule has 1 aromatic heterocycles. The highest BCUT2D eigenvalue weighted by Gasteiger charge is 2.31. The Kier molecular flexibility index (Phi) is 17.4. The molecule has 2 aromatic rings. The lowest BCUT2D eigenvalue weighted by Crippen LogP contribution is -2.59. The second-order valence-electron chi connectivity index (χ2n) is 10.9. The lowest BCUT2D eigenvalue weighted by atomic mass is 10.0. The molecule has 0 saturated heterocycles. The number of nitrogens with two attached hydrogens (primary N) is 3. The minimum atomic E-state index is -1.27. The van der Waals surface area contributed by atoms with Gasteiger partial charge in [0.2, 0.25) is 23.6 Å². The SMILES string of the molecule is NCCCC[C@H](NC(=O)[C@@H](N)CCCCN)C(=O)N[C@@H](CS)C(=O)N[C@@H](Cc1cnc[nH]1)C(=O)N[C@@H](Cc1ccccc1)C(=O)O. The first-order chi connectivity index (χ1) is 22.1. The van der Waals surface area contributed by atoms with Crippen LogP contribution in [0.3, 0.4) is 0 Å². The summed E-state index contributed by atoms with van der Waals surface area (Å²) in [6, 6.07) is 3.28. The van der Waals surface area contributed by atoms with Gasteiger partial charge in [0, 0.05) is 30.5 Å². The molecule has 46 heavy (non-hydrogen) atoms. The van der Waals surface area contributed by atoms with Crippen molar-refractivity contribution in [2.45, 2.75) is 81.6 Å². The van der Waals surface area contributed by atoms with Gasteiger partial charge in [-0.05, 0) is 50.8 Å². The lowest BCUT2D eigenvalue weighted by molar-refractivity contribution is -0.142. The molecule has 0 aliphatic rings. The van der Waals surface area contributed by atoms with Gasteiger partial charge in [-0.25, -0.2) is 9.78 Å². The molecule has 15 nitrogen and oxygen atoms in total. The van der Waals surface area contributed by atoms with Gasteiger partial charge in [0.05, 0.1) is 12.4 Å². The zero-order valence-corrected chi connectivity index (χ0v) is 26.7. The first-order valence-electron chi connectivity index (χ1n) is 15.3. The van der Waals surface area contributed by atoms with Gasteiger partial charge in [-0.15, -0.1) is 0 Å². The van der Waals surface area contributed by atoms with Crippen LogP contribution in [-0.2, 0) is 36.8 Å². The summed E-state index contributed by atoms with van der Waals surface area (Å²) in [7, 11) is 0. The number of carbonyl (C=O) groups is 5. The molecule has 5 atom stereocenters. The first kappa shape index (κ1) is 38.2. The van der Waals surface area contributed by atoms with Crippen LogP contribution >= 0.6 is 12.6 Å². The predicted molar refractivity (Wildman–Crippen MR) is 175 cm³/mol. The second kappa shape index (κ2) is 20.9. The van der Waals surface area contributed by atoms with Gasteiger partial charge in [0.25, 0.3) is 0 Å². The van der Waals surface area contributed by atoms with Gasteiger partial charge in [0.15, 0.2) is 0 Å². The number of nitrogens with zero attached hydrogens (tertiary/aromatic N) is 1. The van der Waals surface area contributed by atoms with Crippen LogP contribution < -0.4 is 38.5 Å². The van der Waals surface area contributed by atoms with Crippen molar-refractivity contribution in [3.8, 4) is 0 Å². The molecule has 0 saturated carbocycles. The number of aromatic amines is 1. The average Bonchev–Trinajstić information content (AvgIpc) is 3.56. The molecule has 0 radical (unpaired) electrons. The van der Waals surface area contributed by atoms with E-state index < -0.39 is 59.8 Å². The van der Waals surface area contributed by atoms with E-state index in [-0.39, 0.29) is 25.0 Å². The zero-order chi connectivity index (χ0) is 33.9. The minimum absolute atomic E-state index is 0.0237. The summed E-state index contributed by atoms with van der Waals surface area (Å²) >= 11 is 4.23. The number of hydrogen-bond donors (Lipinski definition) is 10. The molecule has 0 bridgehead atoms. The quantitative estimate of drug-likeness (QED) is 0.0529. The number of carboxylic acids is 1. The van der Waals surface area contributed by atoms with Crippen molar-refractivity contribution >= 4 is 42.2 Å². The summed E-state index contributed by atoms with van der Waals surface area (Å²) in [5.41, 5.74) is 18.3. The molecule has 1 heterocycles. The molecule has 0 spiro atoms. The number of amides is 4. The number of benzene rings is 1. The summed E-state index contributed by atoms with van der Waals surface area (Å²) < 4.78 is 0. The van der Waals surface area contributed by atoms with Crippen LogP contribution in [0.2, 0.25) is 0 Å². The van der Waals surface area contributed by atoms with E-state index >= 15 is 0 Å². The smallest absolute Gasteiger partial charge is 0.326 e. The van der Waals surface area contributed by atoms with Gasteiger partial charge < -0.3 is 48.6 Å². The van der Waals surface area contributed by atoms with Crippen molar-refractivity contribution in [3.63, 3.8) is 0 Å². The van der Waals surface area contributed by atoms with Gasteiger partial charge >= 0.3 is 5.97 Å². The number of H-pyrrole nitrogens is 1. The van der Waals surface area contributed by atoms with Crippen LogP contribution in [0, 0.1) is 0 Å². The predicted octanol–water partition coefficient (Wildman–Crippen LogP) is -1.27. The number of carboxylic acid groups (broad SMARTS) is 1. The largest absolute Gasteiger partial charge is 0.480 e. The van der Waals surface area contributed by atoms with Crippen LogP contribution in [0.15, 0.2) is 42.9 Å². The van der Waals surface area contributed by atoms with Crippen molar-refractivity contribution in [1.29, 1.82) is 0 Å². The second-order valence-corrected chi connectivity index (χ2v) is 11.3. The Morgan fingerprint density at radius 3 is 1.91 bits per heavy atom. The maximum Gasteiger partial charge on any atom is 0.326 e. The van der Waals surface area contributed by atoms with Crippen molar-refractivity contribution in [2.75, 3.05) is 18.8 Å². The molecule has 2 rings (SSSR count). The molecule has 0 unspecified atom stereocenters. The Hall–Kier alpha value is -3.99. The van der Waals surface area contributed by atoms with E-state index in [1.54, 1.807) is 30.3 Å². The third-order valence-electron chi connectivity index (χ3n) is 7.21. The summed E-state index contributed by atoms with van der Waals surface area (Å²) in [4.78, 5) is 71.6. The van der Waals surface area contributed by atoms with Crippen molar-refractivity contribution in [1.82, 2.24) is 31.2 Å². The molecule has 4 amide bonds. The normalized spacial score (nSPS) is 14.3.